The highest BCUT2D eigenvalue weighted by molar-refractivity contribution is 6.04. The van der Waals surface area contributed by atoms with E-state index in [9.17, 15) is 18.8 Å². The fraction of sp³-hybridized carbons (Fsp3) is 0.444. The zero-order chi connectivity index (χ0) is 26.9. The number of nitrogens with zero attached hydrogens (tertiary/aromatic N) is 6. The van der Waals surface area contributed by atoms with Gasteiger partial charge in [-0.25, -0.2) is 9.37 Å². The zero-order valence-electron chi connectivity index (χ0n) is 21.5. The summed E-state index contributed by atoms with van der Waals surface area (Å²) in [6, 6.07) is 7.91. The number of carbonyl (C=O) groups is 3. The Hall–Kier alpha value is -4.06. The maximum Gasteiger partial charge on any atom is 0.274 e. The number of morpholine rings is 1. The van der Waals surface area contributed by atoms with Gasteiger partial charge < -0.3 is 24.8 Å². The molecule has 0 unspecified atom stereocenters. The molecule has 6 rings (SSSR count). The van der Waals surface area contributed by atoms with Crippen molar-refractivity contribution in [1.82, 2.24) is 24.6 Å². The summed E-state index contributed by atoms with van der Waals surface area (Å²) in [5.74, 6) is -0.218. The van der Waals surface area contributed by atoms with E-state index in [0.717, 1.165) is 12.8 Å². The number of halogens is 1. The van der Waals surface area contributed by atoms with Crippen molar-refractivity contribution in [2.75, 3.05) is 62.7 Å². The van der Waals surface area contributed by atoms with Crippen LogP contribution in [-0.2, 0) is 20.9 Å². The number of ether oxygens (including phenoxy) is 1. The minimum absolute atomic E-state index is 0.00676. The van der Waals surface area contributed by atoms with Gasteiger partial charge in [0.05, 0.1) is 24.4 Å². The average molecular weight is 536 g/mol. The van der Waals surface area contributed by atoms with E-state index in [1.807, 2.05) is 15.9 Å². The van der Waals surface area contributed by atoms with Crippen LogP contribution in [0.4, 0.5) is 15.9 Å². The fourth-order valence-corrected chi connectivity index (χ4v) is 4.98. The summed E-state index contributed by atoms with van der Waals surface area (Å²) in [5.41, 5.74) is 0.567. The number of pyridine rings is 1. The maximum atomic E-state index is 14.9. The van der Waals surface area contributed by atoms with E-state index in [1.54, 1.807) is 23.2 Å². The molecule has 2 aliphatic heterocycles. The summed E-state index contributed by atoms with van der Waals surface area (Å²) in [6.07, 6.45) is 3.60. The van der Waals surface area contributed by atoms with Crippen LogP contribution in [0.3, 0.4) is 0 Å². The van der Waals surface area contributed by atoms with Gasteiger partial charge in [0, 0.05) is 62.8 Å². The van der Waals surface area contributed by atoms with Gasteiger partial charge in [0.1, 0.15) is 23.9 Å². The first-order valence-corrected chi connectivity index (χ1v) is 13.3. The number of carbonyl (C=O) groups excluding carboxylic acids is 3. The molecule has 3 aliphatic rings. The van der Waals surface area contributed by atoms with E-state index >= 15 is 0 Å². The number of nitrogens with one attached hydrogen (secondary N) is 1. The van der Waals surface area contributed by atoms with Gasteiger partial charge in [-0.05, 0) is 31.0 Å². The fourth-order valence-electron chi connectivity index (χ4n) is 4.98. The van der Waals surface area contributed by atoms with Gasteiger partial charge in [-0.3, -0.25) is 19.1 Å². The Morgan fingerprint density at radius 3 is 2.49 bits per heavy atom. The van der Waals surface area contributed by atoms with Crippen molar-refractivity contribution < 1.29 is 23.5 Å². The van der Waals surface area contributed by atoms with Crippen molar-refractivity contribution in [3.8, 4) is 0 Å². The number of amides is 3. The third kappa shape index (κ3) is 5.56. The molecule has 12 heteroatoms. The molecule has 3 amide bonds. The highest BCUT2D eigenvalue weighted by atomic mass is 19.1. The van der Waals surface area contributed by atoms with Crippen LogP contribution in [0.2, 0.25) is 0 Å². The van der Waals surface area contributed by atoms with Crippen LogP contribution in [-0.4, -0.2) is 94.8 Å². The highest BCUT2D eigenvalue weighted by Gasteiger charge is 2.35. The number of fused-ring (bicyclic) bond motifs is 1. The Kier molecular flexibility index (Phi) is 6.86. The molecule has 1 N–H and O–H groups in total. The SMILES string of the molecule is O=C(Nc1cc2cn(CC(=O)N3CCN(C(=O)C4CC4)CC3)nc2cc1F)c1cccc(N2CCOCC2)n1. The van der Waals surface area contributed by atoms with Gasteiger partial charge in [0.2, 0.25) is 11.8 Å². The lowest BCUT2D eigenvalue weighted by Crippen LogP contribution is -2.51. The normalized spacial score (nSPS) is 17.9. The summed E-state index contributed by atoms with van der Waals surface area (Å²) in [6.45, 7) is 4.64. The van der Waals surface area contributed by atoms with Crippen molar-refractivity contribution >= 4 is 40.1 Å². The third-order valence-corrected chi connectivity index (χ3v) is 7.36. The number of aromatic nitrogens is 3. The van der Waals surface area contributed by atoms with Gasteiger partial charge in [-0.2, -0.15) is 5.10 Å². The number of piperazine rings is 1. The van der Waals surface area contributed by atoms with Gasteiger partial charge in [0.25, 0.3) is 5.91 Å². The molecule has 3 aromatic rings. The zero-order valence-corrected chi connectivity index (χ0v) is 21.5. The molecule has 1 aromatic carbocycles. The molecule has 2 aromatic heterocycles. The second kappa shape index (κ2) is 10.6. The predicted molar refractivity (Wildman–Crippen MR) is 141 cm³/mol. The Morgan fingerprint density at radius 2 is 1.74 bits per heavy atom. The Morgan fingerprint density at radius 1 is 1.00 bits per heavy atom. The number of anilines is 2. The van der Waals surface area contributed by atoms with E-state index in [4.69, 9.17) is 4.74 Å². The third-order valence-electron chi connectivity index (χ3n) is 7.36. The molecule has 2 saturated heterocycles. The highest BCUT2D eigenvalue weighted by Crippen LogP contribution is 2.31. The molecule has 0 bridgehead atoms. The summed E-state index contributed by atoms with van der Waals surface area (Å²) in [7, 11) is 0. The lowest BCUT2D eigenvalue weighted by Gasteiger charge is -2.34. The Labute approximate surface area is 224 Å². The second-order valence-corrected chi connectivity index (χ2v) is 10.1. The van der Waals surface area contributed by atoms with Gasteiger partial charge in [-0.15, -0.1) is 0 Å². The molecule has 1 saturated carbocycles. The minimum atomic E-state index is -0.631. The van der Waals surface area contributed by atoms with Crippen molar-refractivity contribution in [3.63, 3.8) is 0 Å². The first-order chi connectivity index (χ1) is 18.9. The van der Waals surface area contributed by atoms with E-state index in [0.29, 0.717) is 69.2 Å². The monoisotopic (exact) mass is 535 g/mol. The average Bonchev–Trinajstić information content (AvgIpc) is 3.75. The van der Waals surface area contributed by atoms with Gasteiger partial charge in [-0.1, -0.05) is 6.07 Å². The summed E-state index contributed by atoms with van der Waals surface area (Å²) in [5, 5.41) is 7.55. The van der Waals surface area contributed by atoms with Crippen LogP contribution in [0.1, 0.15) is 23.3 Å². The van der Waals surface area contributed by atoms with E-state index in [1.165, 1.54) is 16.8 Å². The molecule has 0 spiro atoms. The van der Waals surface area contributed by atoms with Crippen LogP contribution >= 0.6 is 0 Å². The minimum Gasteiger partial charge on any atom is -0.378 e. The molecule has 1 aliphatic carbocycles. The van der Waals surface area contributed by atoms with Crippen LogP contribution in [0.15, 0.2) is 36.5 Å². The van der Waals surface area contributed by atoms with Crippen molar-refractivity contribution in [3.05, 3.63) is 48.0 Å². The quantitative estimate of drug-likeness (QED) is 0.512. The molecule has 4 heterocycles. The van der Waals surface area contributed by atoms with Crippen LogP contribution < -0.4 is 10.2 Å². The topological polar surface area (TPSA) is 113 Å². The Balaban J connectivity index is 1.10. The maximum absolute atomic E-state index is 14.9. The van der Waals surface area contributed by atoms with Crippen molar-refractivity contribution in [2.24, 2.45) is 5.92 Å². The summed E-state index contributed by atoms with van der Waals surface area (Å²) < 4.78 is 21.7. The first kappa shape index (κ1) is 25.2. The number of hydrogen-bond donors (Lipinski definition) is 1. The van der Waals surface area contributed by atoms with Crippen LogP contribution in [0.5, 0.6) is 0 Å². The van der Waals surface area contributed by atoms with Gasteiger partial charge >= 0.3 is 0 Å². The molecule has 0 atom stereocenters. The summed E-state index contributed by atoms with van der Waals surface area (Å²) >= 11 is 0. The number of benzene rings is 1. The van der Waals surface area contributed by atoms with Gasteiger partial charge in [0.15, 0.2) is 0 Å². The first-order valence-electron chi connectivity index (χ1n) is 13.3. The summed E-state index contributed by atoms with van der Waals surface area (Å²) in [4.78, 5) is 48.1. The molecule has 0 radical (unpaired) electrons. The Bertz CT molecular complexity index is 1410. The smallest absolute Gasteiger partial charge is 0.274 e. The number of hydrogen-bond acceptors (Lipinski definition) is 7. The lowest BCUT2D eigenvalue weighted by molar-refractivity contribution is -0.140. The molecule has 11 nitrogen and oxygen atoms in total. The van der Waals surface area contributed by atoms with Crippen LogP contribution in [0, 0.1) is 11.7 Å². The van der Waals surface area contributed by atoms with E-state index < -0.39 is 11.7 Å². The van der Waals surface area contributed by atoms with E-state index in [2.05, 4.69) is 15.4 Å². The lowest BCUT2D eigenvalue weighted by atomic mass is 10.2. The molecular formula is C27H30FN7O4. The largest absolute Gasteiger partial charge is 0.378 e. The molecule has 204 valence electrons. The molecular weight excluding hydrogens is 505 g/mol. The predicted octanol–water partition coefficient (Wildman–Crippen LogP) is 1.74. The standard InChI is InChI=1S/C27H30FN7O4/c28-20-15-22-19(14-23(20)30-26(37)21-2-1-3-24(29-21)32-10-12-39-13-11-32)16-35(31-22)17-25(36)33-6-8-34(9-7-33)27(38)18-4-5-18/h1-3,14-16,18H,4-13,17H2,(H,30,37). The van der Waals surface area contributed by atoms with Crippen LogP contribution in [0.25, 0.3) is 10.9 Å². The van der Waals surface area contributed by atoms with E-state index in [-0.39, 0.29) is 35.7 Å². The molecule has 39 heavy (non-hydrogen) atoms. The number of rotatable bonds is 6. The van der Waals surface area contributed by atoms with Crippen molar-refractivity contribution in [1.29, 1.82) is 0 Å². The molecule has 3 fully saturated rings. The van der Waals surface area contributed by atoms with Crippen molar-refractivity contribution in [2.45, 2.75) is 19.4 Å². The second-order valence-electron chi connectivity index (χ2n) is 10.1.